The SMILES string of the molecule is COc1ccccc1[C@@H](C)NC(=O)c1cc(S(=O)(=O)N2CCOCC2)ccc1Cl. The van der Waals surface area contributed by atoms with E-state index in [1.165, 1.54) is 22.5 Å². The number of para-hydroxylation sites is 1. The number of sulfonamides is 1. The molecule has 0 saturated carbocycles. The van der Waals surface area contributed by atoms with Gasteiger partial charge in [0.1, 0.15) is 5.75 Å². The Morgan fingerprint density at radius 3 is 2.59 bits per heavy atom. The molecule has 0 radical (unpaired) electrons. The molecule has 1 atom stereocenters. The normalized spacial score (nSPS) is 16.2. The van der Waals surface area contributed by atoms with E-state index in [-0.39, 0.29) is 34.6 Å². The van der Waals surface area contributed by atoms with E-state index in [9.17, 15) is 13.2 Å². The zero-order valence-corrected chi connectivity index (χ0v) is 17.8. The number of nitrogens with zero attached hydrogens (tertiary/aromatic N) is 1. The van der Waals surface area contributed by atoms with Gasteiger partial charge in [0.15, 0.2) is 0 Å². The van der Waals surface area contributed by atoms with E-state index >= 15 is 0 Å². The van der Waals surface area contributed by atoms with Crippen LogP contribution in [0.1, 0.15) is 28.9 Å². The van der Waals surface area contributed by atoms with E-state index < -0.39 is 15.9 Å². The predicted molar refractivity (Wildman–Crippen MR) is 110 cm³/mol. The second-order valence-corrected chi connectivity index (χ2v) is 8.94. The molecule has 0 spiro atoms. The molecule has 0 aliphatic carbocycles. The van der Waals surface area contributed by atoms with Crippen molar-refractivity contribution in [1.82, 2.24) is 9.62 Å². The monoisotopic (exact) mass is 438 g/mol. The van der Waals surface area contributed by atoms with Gasteiger partial charge in [-0.15, -0.1) is 0 Å². The minimum absolute atomic E-state index is 0.0268. The van der Waals surface area contributed by atoms with Gasteiger partial charge in [0, 0.05) is 18.7 Å². The third-order valence-corrected chi connectivity index (χ3v) is 6.97. The summed E-state index contributed by atoms with van der Waals surface area (Å²) in [4.78, 5) is 12.9. The van der Waals surface area contributed by atoms with Crippen LogP contribution < -0.4 is 10.1 Å². The van der Waals surface area contributed by atoms with Crippen molar-refractivity contribution in [2.24, 2.45) is 0 Å². The maximum atomic E-state index is 12.9. The molecule has 3 rings (SSSR count). The Bertz CT molecular complexity index is 990. The molecule has 1 aliphatic rings. The molecule has 0 unspecified atom stereocenters. The van der Waals surface area contributed by atoms with Crippen LogP contribution in [0.5, 0.6) is 5.75 Å². The Morgan fingerprint density at radius 2 is 1.90 bits per heavy atom. The van der Waals surface area contributed by atoms with Gasteiger partial charge in [-0.1, -0.05) is 29.8 Å². The molecule has 9 heteroatoms. The fourth-order valence-corrected chi connectivity index (χ4v) is 4.79. The van der Waals surface area contributed by atoms with Crippen LogP contribution in [0.2, 0.25) is 5.02 Å². The minimum Gasteiger partial charge on any atom is -0.496 e. The predicted octanol–water partition coefficient (Wildman–Crippen LogP) is 2.86. The third kappa shape index (κ3) is 4.72. The number of morpholine rings is 1. The van der Waals surface area contributed by atoms with E-state index in [0.29, 0.717) is 19.0 Å². The number of benzene rings is 2. The lowest BCUT2D eigenvalue weighted by atomic mass is 10.1. The van der Waals surface area contributed by atoms with Crippen LogP contribution in [0.15, 0.2) is 47.4 Å². The Balaban J connectivity index is 1.85. The molecule has 1 aliphatic heterocycles. The lowest BCUT2D eigenvalue weighted by molar-refractivity contribution is 0.0730. The Kier molecular flexibility index (Phi) is 6.79. The van der Waals surface area contributed by atoms with Crippen LogP contribution in [-0.4, -0.2) is 52.0 Å². The van der Waals surface area contributed by atoms with Gasteiger partial charge < -0.3 is 14.8 Å². The quantitative estimate of drug-likeness (QED) is 0.749. The number of hydrogen-bond acceptors (Lipinski definition) is 5. The van der Waals surface area contributed by atoms with E-state index in [1.807, 2.05) is 25.1 Å². The van der Waals surface area contributed by atoms with E-state index in [4.69, 9.17) is 21.1 Å². The number of carbonyl (C=O) groups is 1. The number of halogens is 1. The summed E-state index contributed by atoms with van der Waals surface area (Å²) in [5.41, 5.74) is 0.902. The van der Waals surface area contributed by atoms with Gasteiger partial charge in [-0.05, 0) is 31.2 Å². The van der Waals surface area contributed by atoms with Gasteiger partial charge in [0.05, 0.1) is 41.8 Å². The van der Waals surface area contributed by atoms with Gasteiger partial charge in [-0.3, -0.25) is 4.79 Å². The number of hydrogen-bond donors (Lipinski definition) is 1. The average Bonchev–Trinajstić information content (AvgIpc) is 2.74. The van der Waals surface area contributed by atoms with Crippen LogP contribution in [0, 0.1) is 0 Å². The highest BCUT2D eigenvalue weighted by Gasteiger charge is 2.28. The first-order valence-electron chi connectivity index (χ1n) is 9.16. The summed E-state index contributed by atoms with van der Waals surface area (Å²) in [5, 5.41) is 3.03. The molecule has 29 heavy (non-hydrogen) atoms. The van der Waals surface area contributed by atoms with Gasteiger partial charge in [0.25, 0.3) is 5.91 Å². The van der Waals surface area contributed by atoms with Gasteiger partial charge in [-0.2, -0.15) is 4.31 Å². The van der Waals surface area contributed by atoms with Crippen molar-refractivity contribution in [1.29, 1.82) is 0 Å². The summed E-state index contributed by atoms with van der Waals surface area (Å²) < 4.78 is 37.7. The van der Waals surface area contributed by atoms with Crippen LogP contribution in [-0.2, 0) is 14.8 Å². The van der Waals surface area contributed by atoms with Gasteiger partial charge in [0.2, 0.25) is 10.0 Å². The van der Waals surface area contributed by atoms with Crippen LogP contribution >= 0.6 is 11.6 Å². The zero-order valence-electron chi connectivity index (χ0n) is 16.2. The maximum absolute atomic E-state index is 12.9. The topological polar surface area (TPSA) is 84.9 Å². The highest BCUT2D eigenvalue weighted by atomic mass is 35.5. The summed E-state index contributed by atoms with van der Waals surface area (Å²) in [5.74, 6) is 0.183. The van der Waals surface area contributed by atoms with Crippen molar-refractivity contribution in [3.05, 3.63) is 58.6 Å². The Labute approximate surface area is 175 Å². The van der Waals surface area contributed by atoms with Crippen LogP contribution in [0.25, 0.3) is 0 Å². The van der Waals surface area contributed by atoms with Gasteiger partial charge >= 0.3 is 0 Å². The molecular formula is C20H23ClN2O5S. The molecular weight excluding hydrogens is 416 g/mol. The Hall–Kier alpha value is -2.13. The number of nitrogens with one attached hydrogen (secondary N) is 1. The summed E-state index contributed by atoms with van der Waals surface area (Å²) in [6.07, 6.45) is 0. The molecule has 2 aromatic carbocycles. The van der Waals surface area contributed by atoms with Gasteiger partial charge in [-0.25, -0.2) is 8.42 Å². The molecule has 1 saturated heterocycles. The number of amides is 1. The maximum Gasteiger partial charge on any atom is 0.253 e. The van der Waals surface area contributed by atoms with Crippen LogP contribution in [0.3, 0.4) is 0 Å². The fraction of sp³-hybridized carbons (Fsp3) is 0.350. The number of methoxy groups -OCH3 is 1. The summed E-state index contributed by atoms with van der Waals surface area (Å²) in [6, 6.07) is 11.1. The summed E-state index contributed by atoms with van der Waals surface area (Å²) >= 11 is 6.20. The first kappa shape index (κ1) is 21.6. The minimum atomic E-state index is -3.73. The fourth-order valence-electron chi connectivity index (χ4n) is 3.15. The standard InChI is InChI=1S/C20H23ClN2O5S/c1-14(16-5-3-4-6-19(16)27-2)22-20(24)17-13-15(7-8-18(17)21)29(25,26)23-9-11-28-12-10-23/h3-8,13-14H,9-12H2,1-2H3,(H,22,24)/t14-/m1/s1. The average molecular weight is 439 g/mol. The molecule has 1 heterocycles. The highest BCUT2D eigenvalue weighted by Crippen LogP contribution is 2.27. The molecule has 156 valence electrons. The Morgan fingerprint density at radius 1 is 1.21 bits per heavy atom. The van der Waals surface area contributed by atoms with E-state index in [0.717, 1.165) is 5.56 Å². The lowest BCUT2D eigenvalue weighted by Crippen LogP contribution is -2.40. The first-order chi connectivity index (χ1) is 13.8. The number of carbonyl (C=O) groups excluding carboxylic acids is 1. The molecule has 2 aromatic rings. The van der Waals surface area contributed by atoms with Crippen molar-refractivity contribution in [3.8, 4) is 5.75 Å². The second-order valence-electron chi connectivity index (χ2n) is 6.60. The lowest BCUT2D eigenvalue weighted by Gasteiger charge is -2.26. The molecule has 1 amide bonds. The smallest absolute Gasteiger partial charge is 0.253 e. The van der Waals surface area contributed by atoms with Crippen molar-refractivity contribution in [3.63, 3.8) is 0 Å². The van der Waals surface area contributed by atoms with Crippen molar-refractivity contribution >= 4 is 27.5 Å². The molecule has 0 aromatic heterocycles. The highest BCUT2D eigenvalue weighted by molar-refractivity contribution is 7.89. The van der Waals surface area contributed by atoms with E-state index in [1.54, 1.807) is 13.2 Å². The molecule has 1 fully saturated rings. The number of rotatable bonds is 6. The molecule has 1 N–H and O–H groups in total. The first-order valence-corrected chi connectivity index (χ1v) is 11.0. The summed E-state index contributed by atoms with van der Waals surface area (Å²) in [7, 11) is -2.17. The second kappa shape index (κ2) is 9.13. The summed E-state index contributed by atoms with van der Waals surface area (Å²) in [6.45, 7) is 3.06. The third-order valence-electron chi connectivity index (χ3n) is 4.74. The van der Waals surface area contributed by atoms with Crippen molar-refractivity contribution in [2.45, 2.75) is 17.9 Å². The zero-order chi connectivity index (χ0) is 21.0. The number of ether oxygens (including phenoxy) is 2. The van der Waals surface area contributed by atoms with Crippen LogP contribution in [0.4, 0.5) is 0 Å². The van der Waals surface area contributed by atoms with Crippen molar-refractivity contribution in [2.75, 3.05) is 33.4 Å². The van der Waals surface area contributed by atoms with E-state index in [2.05, 4.69) is 5.32 Å². The largest absolute Gasteiger partial charge is 0.496 e. The van der Waals surface area contributed by atoms with Crippen molar-refractivity contribution < 1.29 is 22.7 Å². The molecule has 0 bridgehead atoms. The molecule has 7 nitrogen and oxygen atoms in total.